The third kappa shape index (κ3) is 9.24. The molecule has 0 aliphatic rings. The first-order chi connectivity index (χ1) is 7.84. The molecule has 0 amide bonds. The summed E-state index contributed by atoms with van der Waals surface area (Å²) in [5.41, 5.74) is 0.972. The Bertz CT molecular complexity index is 368. The van der Waals surface area contributed by atoms with Crippen molar-refractivity contribution in [2.24, 2.45) is 0 Å². The molecular formula is C15H20F2. The molecule has 0 N–H and O–H groups in total. The van der Waals surface area contributed by atoms with E-state index in [0.717, 1.165) is 6.08 Å². The highest BCUT2D eigenvalue weighted by molar-refractivity contribution is 5.48. The van der Waals surface area contributed by atoms with E-state index in [2.05, 4.69) is 26.3 Å². The molecule has 0 aliphatic heterocycles. The van der Waals surface area contributed by atoms with E-state index in [1.165, 1.54) is 12.2 Å². The SMILES string of the molecule is C=C(F)/C=C\C(=C)C(=C)/C(F)=C\C(=C)C.CC. The maximum Gasteiger partial charge on any atom is 0.130 e. The van der Waals surface area contributed by atoms with Gasteiger partial charge in [0.15, 0.2) is 0 Å². The average Bonchev–Trinajstić information content (AvgIpc) is 2.26. The number of allylic oxidation sites excluding steroid dienone is 8. The standard InChI is InChI=1S/C13H14F2.C2H6/c1-9(2)8-13(15)12(5)10(3)6-7-11(4)14;1-2/h6-8H,1,3-5H2,2H3;1-2H3/b7-6-,13-8+;. The van der Waals surface area contributed by atoms with Crippen molar-refractivity contribution in [3.63, 3.8) is 0 Å². The van der Waals surface area contributed by atoms with Crippen molar-refractivity contribution in [3.8, 4) is 0 Å². The predicted octanol–water partition coefficient (Wildman–Crippen LogP) is 5.59. The van der Waals surface area contributed by atoms with Crippen LogP contribution in [0, 0.1) is 0 Å². The van der Waals surface area contributed by atoms with Crippen LogP contribution in [0.4, 0.5) is 8.78 Å². The fourth-order valence-electron chi connectivity index (χ4n) is 0.748. The minimum Gasteiger partial charge on any atom is -0.208 e. The minimum absolute atomic E-state index is 0.107. The van der Waals surface area contributed by atoms with Gasteiger partial charge in [0.1, 0.15) is 11.7 Å². The van der Waals surface area contributed by atoms with Crippen LogP contribution >= 0.6 is 0 Å². The van der Waals surface area contributed by atoms with Crippen molar-refractivity contribution >= 4 is 0 Å². The minimum atomic E-state index is -0.617. The van der Waals surface area contributed by atoms with Gasteiger partial charge in [-0.2, -0.15) is 0 Å². The lowest BCUT2D eigenvalue weighted by atomic mass is 10.1. The molecule has 2 heteroatoms. The molecule has 17 heavy (non-hydrogen) atoms. The summed E-state index contributed by atoms with van der Waals surface area (Å²) in [7, 11) is 0. The van der Waals surface area contributed by atoms with E-state index >= 15 is 0 Å². The van der Waals surface area contributed by atoms with Gasteiger partial charge < -0.3 is 0 Å². The molecule has 0 heterocycles. The van der Waals surface area contributed by atoms with Gasteiger partial charge in [-0.05, 0) is 24.6 Å². The molecular weight excluding hydrogens is 218 g/mol. The Labute approximate surface area is 103 Å². The second-order valence-electron chi connectivity index (χ2n) is 3.12. The van der Waals surface area contributed by atoms with Gasteiger partial charge in [0, 0.05) is 5.57 Å². The van der Waals surface area contributed by atoms with Gasteiger partial charge in [0.2, 0.25) is 0 Å². The highest BCUT2D eigenvalue weighted by atomic mass is 19.1. The molecule has 0 saturated heterocycles. The average molecular weight is 238 g/mol. The summed E-state index contributed by atoms with van der Waals surface area (Å²) in [5.74, 6) is -1.14. The van der Waals surface area contributed by atoms with Crippen LogP contribution < -0.4 is 0 Å². The second-order valence-corrected chi connectivity index (χ2v) is 3.12. The van der Waals surface area contributed by atoms with E-state index in [4.69, 9.17) is 0 Å². The van der Waals surface area contributed by atoms with Gasteiger partial charge >= 0.3 is 0 Å². The largest absolute Gasteiger partial charge is 0.208 e. The lowest BCUT2D eigenvalue weighted by molar-refractivity contribution is 0.654. The Morgan fingerprint density at radius 3 is 1.76 bits per heavy atom. The molecule has 0 saturated carbocycles. The van der Waals surface area contributed by atoms with Crippen LogP contribution in [0.5, 0.6) is 0 Å². The van der Waals surface area contributed by atoms with Crippen LogP contribution in [0.2, 0.25) is 0 Å². The maximum atomic E-state index is 13.3. The van der Waals surface area contributed by atoms with Crippen LogP contribution in [0.1, 0.15) is 20.8 Å². The van der Waals surface area contributed by atoms with Crippen molar-refractivity contribution in [2.75, 3.05) is 0 Å². The summed E-state index contributed by atoms with van der Waals surface area (Å²) in [4.78, 5) is 0. The molecule has 0 nitrogen and oxygen atoms in total. The summed E-state index contributed by atoms with van der Waals surface area (Å²) in [5, 5.41) is 0. The highest BCUT2D eigenvalue weighted by Crippen LogP contribution is 2.20. The van der Waals surface area contributed by atoms with Crippen LogP contribution in [-0.4, -0.2) is 0 Å². The van der Waals surface area contributed by atoms with E-state index in [1.807, 2.05) is 13.8 Å². The molecule has 0 aromatic heterocycles. The lowest BCUT2D eigenvalue weighted by Crippen LogP contribution is -1.85. The molecule has 0 bridgehead atoms. The number of hydrogen-bond acceptors (Lipinski definition) is 0. The van der Waals surface area contributed by atoms with Crippen molar-refractivity contribution in [1.82, 2.24) is 0 Å². The molecule has 0 radical (unpaired) electrons. The third-order valence-corrected chi connectivity index (χ3v) is 1.51. The van der Waals surface area contributed by atoms with Crippen LogP contribution in [-0.2, 0) is 0 Å². The fourth-order valence-corrected chi connectivity index (χ4v) is 0.748. The second kappa shape index (κ2) is 9.52. The molecule has 94 valence electrons. The Kier molecular flexibility index (Phi) is 9.91. The fraction of sp³-hybridized carbons (Fsp3) is 0.200. The van der Waals surface area contributed by atoms with Gasteiger partial charge in [-0.25, -0.2) is 8.78 Å². The number of hydrogen-bond donors (Lipinski definition) is 0. The monoisotopic (exact) mass is 238 g/mol. The number of rotatable bonds is 5. The third-order valence-electron chi connectivity index (χ3n) is 1.51. The van der Waals surface area contributed by atoms with E-state index < -0.39 is 11.7 Å². The van der Waals surface area contributed by atoms with E-state index in [0.29, 0.717) is 11.1 Å². The molecule has 0 spiro atoms. The lowest BCUT2D eigenvalue weighted by Gasteiger charge is -2.02. The van der Waals surface area contributed by atoms with Crippen LogP contribution in [0.25, 0.3) is 0 Å². The first kappa shape index (κ1) is 17.7. The van der Waals surface area contributed by atoms with Crippen molar-refractivity contribution < 1.29 is 8.78 Å². The molecule has 0 unspecified atom stereocenters. The highest BCUT2D eigenvalue weighted by Gasteiger charge is 2.03. The topological polar surface area (TPSA) is 0 Å². The van der Waals surface area contributed by atoms with Gasteiger partial charge in [-0.1, -0.05) is 51.8 Å². The summed E-state index contributed by atoms with van der Waals surface area (Å²) in [6.07, 6.45) is 3.66. The summed E-state index contributed by atoms with van der Waals surface area (Å²) >= 11 is 0. The molecule has 0 rings (SSSR count). The maximum absolute atomic E-state index is 13.3. The summed E-state index contributed by atoms with van der Waals surface area (Å²) in [6, 6.07) is 0. The molecule has 0 aromatic rings. The van der Waals surface area contributed by atoms with Crippen molar-refractivity contribution in [2.45, 2.75) is 20.8 Å². The Balaban J connectivity index is 0. The zero-order valence-corrected chi connectivity index (χ0v) is 10.8. The van der Waals surface area contributed by atoms with Crippen LogP contribution in [0.15, 0.2) is 72.9 Å². The Morgan fingerprint density at radius 1 is 0.941 bits per heavy atom. The smallest absolute Gasteiger partial charge is 0.130 e. The van der Waals surface area contributed by atoms with Gasteiger partial charge in [0.25, 0.3) is 0 Å². The molecule has 0 atom stereocenters. The van der Waals surface area contributed by atoms with E-state index in [1.54, 1.807) is 6.92 Å². The molecule has 0 aromatic carbocycles. The quantitative estimate of drug-likeness (QED) is 0.547. The number of halogens is 2. The van der Waals surface area contributed by atoms with E-state index in [-0.39, 0.29) is 5.57 Å². The first-order valence-corrected chi connectivity index (χ1v) is 5.28. The van der Waals surface area contributed by atoms with Gasteiger partial charge in [-0.3, -0.25) is 0 Å². The molecule has 0 fully saturated rings. The zero-order valence-electron chi connectivity index (χ0n) is 10.8. The zero-order chi connectivity index (χ0) is 14.0. The summed E-state index contributed by atoms with van der Waals surface area (Å²) < 4.78 is 25.6. The van der Waals surface area contributed by atoms with Crippen molar-refractivity contribution in [1.29, 1.82) is 0 Å². The van der Waals surface area contributed by atoms with Gasteiger partial charge in [-0.15, -0.1) is 0 Å². The van der Waals surface area contributed by atoms with Gasteiger partial charge in [0.05, 0.1) is 0 Å². The van der Waals surface area contributed by atoms with Crippen LogP contribution in [0.3, 0.4) is 0 Å². The van der Waals surface area contributed by atoms with Crippen molar-refractivity contribution in [3.05, 3.63) is 72.9 Å². The normalized spacial score (nSPS) is 10.5. The Morgan fingerprint density at radius 2 is 1.41 bits per heavy atom. The summed E-state index contributed by atoms with van der Waals surface area (Å²) in [6.45, 7) is 19.3. The molecule has 0 aliphatic carbocycles. The first-order valence-electron chi connectivity index (χ1n) is 5.28. The van der Waals surface area contributed by atoms with E-state index in [9.17, 15) is 8.78 Å². The Hall–Kier alpha value is -1.70. The predicted molar refractivity (Wildman–Crippen MR) is 73.0 cm³/mol.